The van der Waals surface area contributed by atoms with Gasteiger partial charge >= 0.3 is 6.03 Å². The lowest BCUT2D eigenvalue weighted by molar-refractivity contribution is 0.112. The number of carbonyl (C=O) groups excluding carboxylic acids is 1. The first-order valence-electron chi connectivity index (χ1n) is 5.33. The van der Waals surface area contributed by atoms with Crippen LogP contribution in [0.15, 0.2) is 0 Å². The molecule has 1 aliphatic rings. The number of hydrogen-bond acceptors (Lipinski definition) is 2. The van der Waals surface area contributed by atoms with Gasteiger partial charge in [0.2, 0.25) is 0 Å². The van der Waals surface area contributed by atoms with Gasteiger partial charge in [0, 0.05) is 32.3 Å². The average molecular weight is 200 g/mol. The number of urea groups is 1. The van der Waals surface area contributed by atoms with Gasteiger partial charge in [-0.1, -0.05) is 0 Å². The summed E-state index contributed by atoms with van der Waals surface area (Å²) >= 11 is 0. The molecule has 0 unspecified atom stereocenters. The molecule has 0 aromatic carbocycles. The van der Waals surface area contributed by atoms with Gasteiger partial charge in [0.1, 0.15) is 0 Å². The number of hydrogen-bond donors (Lipinski definition) is 1. The summed E-state index contributed by atoms with van der Waals surface area (Å²) in [6.45, 7) is 6.61. The highest BCUT2D eigenvalue weighted by molar-refractivity contribution is 5.75. The van der Waals surface area contributed by atoms with Crippen molar-refractivity contribution in [2.75, 3.05) is 26.2 Å². The maximum atomic E-state index is 11.8. The van der Waals surface area contributed by atoms with E-state index in [1.54, 1.807) is 0 Å². The monoisotopic (exact) mass is 200 g/mol. The fourth-order valence-electron chi connectivity index (χ4n) is 1.75. The number of rotatable bonds is 4. The van der Waals surface area contributed by atoms with Crippen LogP contribution in [-0.4, -0.2) is 53.2 Å². The molecular weight excluding hydrogens is 180 g/mol. The van der Waals surface area contributed by atoms with E-state index in [1.165, 1.54) is 0 Å². The Morgan fingerprint density at radius 3 is 2.71 bits per heavy atom. The molecule has 1 rings (SSSR count). The molecule has 1 heterocycles. The van der Waals surface area contributed by atoms with Gasteiger partial charge in [0.05, 0.1) is 0 Å². The van der Waals surface area contributed by atoms with Gasteiger partial charge in [-0.05, 0) is 26.7 Å². The highest BCUT2D eigenvalue weighted by Crippen LogP contribution is 2.12. The largest absolute Gasteiger partial charge is 0.396 e. The van der Waals surface area contributed by atoms with Crippen LogP contribution in [-0.2, 0) is 0 Å². The zero-order chi connectivity index (χ0) is 10.6. The van der Waals surface area contributed by atoms with E-state index in [2.05, 4.69) is 0 Å². The molecule has 0 radical (unpaired) electrons. The zero-order valence-corrected chi connectivity index (χ0v) is 9.07. The first-order chi connectivity index (χ1) is 6.66. The van der Waals surface area contributed by atoms with E-state index in [4.69, 9.17) is 5.11 Å². The van der Waals surface area contributed by atoms with Crippen molar-refractivity contribution >= 4 is 6.03 Å². The van der Waals surface area contributed by atoms with Gasteiger partial charge in [-0.3, -0.25) is 0 Å². The van der Waals surface area contributed by atoms with E-state index in [9.17, 15) is 4.79 Å². The molecule has 0 spiro atoms. The van der Waals surface area contributed by atoms with Crippen molar-refractivity contribution in [3.63, 3.8) is 0 Å². The number of aliphatic hydroxyl groups excluding tert-OH is 1. The Morgan fingerprint density at radius 2 is 2.14 bits per heavy atom. The van der Waals surface area contributed by atoms with Crippen molar-refractivity contribution < 1.29 is 9.90 Å². The molecule has 0 aromatic heterocycles. The van der Waals surface area contributed by atoms with Crippen molar-refractivity contribution in [2.24, 2.45) is 0 Å². The second kappa shape index (κ2) is 5.20. The molecule has 0 saturated carbocycles. The third kappa shape index (κ3) is 2.61. The molecule has 0 aliphatic carbocycles. The van der Waals surface area contributed by atoms with Crippen LogP contribution in [0.4, 0.5) is 4.79 Å². The lowest BCUT2D eigenvalue weighted by Gasteiger charge is -2.37. The summed E-state index contributed by atoms with van der Waals surface area (Å²) in [5.41, 5.74) is 0. The first kappa shape index (κ1) is 11.3. The minimum absolute atomic E-state index is 0.125. The van der Waals surface area contributed by atoms with Gasteiger partial charge in [-0.2, -0.15) is 0 Å². The van der Waals surface area contributed by atoms with Gasteiger partial charge in [-0.25, -0.2) is 4.79 Å². The Labute approximate surface area is 85.5 Å². The maximum Gasteiger partial charge on any atom is 0.320 e. The molecule has 2 amide bonds. The molecule has 1 N–H and O–H groups in total. The van der Waals surface area contributed by atoms with Crippen LogP contribution >= 0.6 is 0 Å². The quantitative estimate of drug-likeness (QED) is 0.733. The van der Waals surface area contributed by atoms with Crippen LogP contribution in [0.5, 0.6) is 0 Å². The summed E-state index contributed by atoms with van der Waals surface area (Å²) in [6.07, 6.45) is 1.72. The van der Waals surface area contributed by atoms with Crippen LogP contribution in [0, 0.1) is 0 Å². The predicted molar refractivity (Wildman–Crippen MR) is 55.1 cm³/mol. The van der Waals surface area contributed by atoms with E-state index in [-0.39, 0.29) is 18.7 Å². The number of nitrogens with zero attached hydrogens (tertiary/aromatic N) is 2. The lowest BCUT2D eigenvalue weighted by Crippen LogP contribution is -2.52. The minimum Gasteiger partial charge on any atom is -0.396 e. The van der Waals surface area contributed by atoms with Crippen molar-refractivity contribution in [1.82, 2.24) is 9.80 Å². The summed E-state index contributed by atoms with van der Waals surface area (Å²) in [6, 6.07) is 0.402. The topological polar surface area (TPSA) is 43.8 Å². The van der Waals surface area contributed by atoms with E-state index in [0.717, 1.165) is 19.5 Å². The summed E-state index contributed by atoms with van der Waals surface area (Å²) in [5, 5.41) is 8.71. The Balaban J connectivity index is 2.48. The fourth-order valence-corrected chi connectivity index (χ4v) is 1.75. The normalized spacial score (nSPS) is 18.1. The van der Waals surface area contributed by atoms with Crippen LogP contribution < -0.4 is 0 Å². The minimum atomic E-state index is 0.125. The third-order valence-electron chi connectivity index (χ3n) is 2.55. The molecule has 0 bridgehead atoms. The Bertz CT molecular complexity index is 195. The van der Waals surface area contributed by atoms with Crippen LogP contribution in [0.3, 0.4) is 0 Å². The summed E-state index contributed by atoms with van der Waals surface area (Å²) in [5.74, 6) is 0. The van der Waals surface area contributed by atoms with Gasteiger partial charge < -0.3 is 14.9 Å². The van der Waals surface area contributed by atoms with Gasteiger partial charge in [0.15, 0.2) is 0 Å². The number of amides is 2. The fraction of sp³-hybridized carbons (Fsp3) is 0.900. The van der Waals surface area contributed by atoms with E-state index in [1.807, 2.05) is 23.6 Å². The molecule has 0 aromatic rings. The lowest BCUT2D eigenvalue weighted by atomic mass is 10.2. The van der Waals surface area contributed by atoms with Gasteiger partial charge in [-0.15, -0.1) is 0 Å². The average Bonchev–Trinajstić information content (AvgIpc) is 2.16. The highest BCUT2D eigenvalue weighted by atomic mass is 16.3. The second-order valence-corrected chi connectivity index (χ2v) is 3.99. The molecule has 1 saturated heterocycles. The molecule has 82 valence electrons. The number of carbonyl (C=O) groups is 1. The Kier molecular flexibility index (Phi) is 4.20. The second-order valence-electron chi connectivity index (χ2n) is 3.99. The molecular formula is C10H20N2O2. The van der Waals surface area contributed by atoms with Crippen molar-refractivity contribution in [3.8, 4) is 0 Å². The highest BCUT2D eigenvalue weighted by Gasteiger charge is 2.26. The third-order valence-corrected chi connectivity index (χ3v) is 2.55. The Morgan fingerprint density at radius 1 is 1.43 bits per heavy atom. The summed E-state index contributed by atoms with van der Waals surface area (Å²) in [4.78, 5) is 15.6. The molecule has 1 aliphatic heterocycles. The Hall–Kier alpha value is -0.770. The summed E-state index contributed by atoms with van der Waals surface area (Å²) < 4.78 is 0. The maximum absolute atomic E-state index is 11.8. The van der Waals surface area contributed by atoms with E-state index < -0.39 is 0 Å². The van der Waals surface area contributed by atoms with E-state index >= 15 is 0 Å². The van der Waals surface area contributed by atoms with Crippen molar-refractivity contribution in [1.29, 1.82) is 0 Å². The zero-order valence-electron chi connectivity index (χ0n) is 9.07. The predicted octanol–water partition coefficient (Wildman–Crippen LogP) is 0.905. The molecule has 0 atom stereocenters. The van der Waals surface area contributed by atoms with Crippen LogP contribution in [0.2, 0.25) is 0 Å². The summed E-state index contributed by atoms with van der Waals surface area (Å²) in [7, 11) is 0. The SMILES string of the molecule is CC(C)N1CCCN(CCCO)C1=O. The van der Waals surface area contributed by atoms with Crippen molar-refractivity contribution in [3.05, 3.63) is 0 Å². The van der Waals surface area contributed by atoms with Crippen LogP contribution in [0.1, 0.15) is 26.7 Å². The molecule has 4 nitrogen and oxygen atoms in total. The van der Waals surface area contributed by atoms with Crippen LogP contribution in [0.25, 0.3) is 0 Å². The first-order valence-corrected chi connectivity index (χ1v) is 5.33. The standard InChI is InChI=1S/C10H20N2O2/c1-9(2)12-7-3-5-11(10(12)14)6-4-8-13/h9,13H,3-8H2,1-2H3. The van der Waals surface area contributed by atoms with Crippen molar-refractivity contribution in [2.45, 2.75) is 32.7 Å². The number of aliphatic hydroxyl groups is 1. The molecule has 4 heteroatoms. The van der Waals surface area contributed by atoms with Gasteiger partial charge in [0.25, 0.3) is 0 Å². The van der Waals surface area contributed by atoms with E-state index in [0.29, 0.717) is 13.0 Å². The molecule has 1 fully saturated rings. The molecule has 14 heavy (non-hydrogen) atoms. The smallest absolute Gasteiger partial charge is 0.320 e.